The van der Waals surface area contributed by atoms with Crippen LogP contribution in [-0.4, -0.2) is 19.7 Å². The van der Waals surface area contributed by atoms with Gasteiger partial charge in [-0.05, 0) is 50.8 Å². The maximum atomic E-state index is 15.6. The predicted molar refractivity (Wildman–Crippen MR) is 86.4 cm³/mol. The molecule has 1 aromatic carbocycles. The van der Waals surface area contributed by atoms with E-state index in [4.69, 9.17) is 0 Å². The van der Waals surface area contributed by atoms with Gasteiger partial charge in [0.25, 0.3) is 0 Å². The summed E-state index contributed by atoms with van der Waals surface area (Å²) in [5.74, 6) is 0. The van der Waals surface area contributed by atoms with Gasteiger partial charge in [0, 0.05) is 4.47 Å². The first-order chi connectivity index (χ1) is 9.75. The van der Waals surface area contributed by atoms with Crippen molar-refractivity contribution in [3.05, 3.63) is 34.3 Å². The molecular weight excluding hydrogens is 357 g/mol. The molecule has 0 amide bonds. The van der Waals surface area contributed by atoms with Crippen LogP contribution >= 0.6 is 15.9 Å². The largest absolute Gasteiger partial charge is 0.237 e. The summed E-state index contributed by atoms with van der Waals surface area (Å²) in [4.78, 5) is 0. The van der Waals surface area contributed by atoms with Crippen LogP contribution in [-0.2, 0) is 15.7 Å². The fraction of sp³-hybridized carbons (Fsp3) is 0.600. The van der Waals surface area contributed by atoms with E-state index >= 15 is 4.39 Å². The molecule has 0 saturated heterocycles. The lowest BCUT2D eigenvalue weighted by atomic mass is 9.78. The Morgan fingerprint density at radius 2 is 1.90 bits per heavy atom. The summed E-state index contributed by atoms with van der Waals surface area (Å²) < 4.78 is 43.2. The summed E-state index contributed by atoms with van der Waals surface area (Å²) in [5, 5.41) is -0.561. The standard InChI is InChI=1S/C15H21BrFNO2S/c1-11(2)21(19,20)18-14-5-3-4-10-15(14,17)12-6-8-13(16)9-7-12/h6-9,11,14,18H,3-5,10H2,1-2H3. The number of hydrogen-bond acceptors (Lipinski definition) is 2. The Balaban J connectivity index is 2.32. The van der Waals surface area contributed by atoms with Gasteiger partial charge in [-0.3, -0.25) is 0 Å². The van der Waals surface area contributed by atoms with Crippen LogP contribution in [0.2, 0.25) is 0 Å². The van der Waals surface area contributed by atoms with Crippen LogP contribution in [0.4, 0.5) is 4.39 Å². The van der Waals surface area contributed by atoms with Crippen molar-refractivity contribution in [2.75, 3.05) is 0 Å². The molecule has 1 aliphatic carbocycles. The first-order valence-corrected chi connectivity index (χ1v) is 9.56. The first kappa shape index (κ1) is 16.9. The molecule has 1 N–H and O–H groups in total. The van der Waals surface area contributed by atoms with E-state index < -0.39 is 27.0 Å². The highest BCUT2D eigenvalue weighted by molar-refractivity contribution is 9.10. The summed E-state index contributed by atoms with van der Waals surface area (Å²) in [6.45, 7) is 3.20. The van der Waals surface area contributed by atoms with Crippen molar-refractivity contribution < 1.29 is 12.8 Å². The van der Waals surface area contributed by atoms with Gasteiger partial charge in [0.15, 0.2) is 5.67 Å². The molecule has 118 valence electrons. The third kappa shape index (κ3) is 3.66. The van der Waals surface area contributed by atoms with E-state index in [0.717, 1.165) is 17.3 Å². The Bertz CT molecular complexity index is 588. The molecule has 21 heavy (non-hydrogen) atoms. The van der Waals surface area contributed by atoms with Crippen molar-refractivity contribution in [3.8, 4) is 0 Å². The molecule has 2 unspecified atom stereocenters. The van der Waals surface area contributed by atoms with E-state index in [1.807, 2.05) is 0 Å². The van der Waals surface area contributed by atoms with Crippen LogP contribution in [0.5, 0.6) is 0 Å². The van der Waals surface area contributed by atoms with Crippen molar-refractivity contribution in [1.29, 1.82) is 0 Å². The lowest BCUT2D eigenvalue weighted by molar-refractivity contribution is 0.0712. The van der Waals surface area contributed by atoms with Crippen molar-refractivity contribution in [3.63, 3.8) is 0 Å². The average molecular weight is 378 g/mol. The summed E-state index contributed by atoms with van der Waals surface area (Å²) in [6.07, 6.45) is 2.48. The molecule has 2 atom stereocenters. The van der Waals surface area contributed by atoms with Crippen molar-refractivity contribution >= 4 is 26.0 Å². The van der Waals surface area contributed by atoms with Crippen LogP contribution in [0.1, 0.15) is 45.1 Å². The Morgan fingerprint density at radius 3 is 2.48 bits per heavy atom. The summed E-state index contributed by atoms with van der Waals surface area (Å²) in [5.41, 5.74) is -1.09. The number of sulfonamides is 1. The molecule has 1 saturated carbocycles. The van der Waals surface area contributed by atoms with Crippen LogP contribution < -0.4 is 4.72 Å². The average Bonchev–Trinajstić information content (AvgIpc) is 2.42. The number of hydrogen-bond donors (Lipinski definition) is 1. The van der Waals surface area contributed by atoms with Gasteiger partial charge in [0.1, 0.15) is 0 Å². The fourth-order valence-electron chi connectivity index (χ4n) is 2.69. The van der Waals surface area contributed by atoms with Gasteiger partial charge >= 0.3 is 0 Å². The summed E-state index contributed by atoms with van der Waals surface area (Å²) in [6, 6.07) is 6.34. The SMILES string of the molecule is CC(C)S(=O)(=O)NC1CCCCC1(F)c1ccc(Br)cc1. The quantitative estimate of drug-likeness (QED) is 0.864. The van der Waals surface area contributed by atoms with E-state index in [0.29, 0.717) is 18.4 Å². The van der Waals surface area contributed by atoms with Crippen LogP contribution in [0.15, 0.2) is 28.7 Å². The third-order valence-electron chi connectivity index (χ3n) is 4.09. The minimum atomic E-state index is -3.48. The molecule has 1 fully saturated rings. The second-order valence-electron chi connectivity index (χ2n) is 5.88. The Labute approximate surface area is 134 Å². The van der Waals surface area contributed by atoms with Crippen molar-refractivity contribution in [2.45, 2.75) is 56.5 Å². The minimum absolute atomic E-state index is 0.347. The summed E-state index contributed by atoms with van der Waals surface area (Å²) in [7, 11) is -3.48. The van der Waals surface area contributed by atoms with Crippen LogP contribution in [0, 0.1) is 0 Å². The van der Waals surface area contributed by atoms with Crippen molar-refractivity contribution in [2.24, 2.45) is 0 Å². The zero-order chi connectivity index (χ0) is 15.7. The van der Waals surface area contributed by atoms with Crippen LogP contribution in [0.3, 0.4) is 0 Å². The molecular formula is C15H21BrFNO2S. The number of benzene rings is 1. The highest BCUT2D eigenvalue weighted by atomic mass is 79.9. The highest BCUT2D eigenvalue weighted by Gasteiger charge is 2.44. The van der Waals surface area contributed by atoms with E-state index in [9.17, 15) is 8.42 Å². The third-order valence-corrected chi connectivity index (χ3v) is 6.47. The predicted octanol–water partition coefficient (Wildman–Crippen LogP) is 3.88. The number of halogens is 2. The topological polar surface area (TPSA) is 46.2 Å². The van der Waals surface area contributed by atoms with E-state index in [1.165, 1.54) is 0 Å². The molecule has 0 heterocycles. The highest BCUT2D eigenvalue weighted by Crippen LogP contribution is 2.41. The molecule has 0 spiro atoms. The van der Waals surface area contributed by atoms with Gasteiger partial charge in [0.2, 0.25) is 10.0 Å². The zero-order valence-corrected chi connectivity index (χ0v) is 14.7. The Hall–Kier alpha value is -0.460. The van der Waals surface area contributed by atoms with Crippen molar-refractivity contribution in [1.82, 2.24) is 4.72 Å². The number of rotatable bonds is 4. The van der Waals surface area contributed by atoms with Gasteiger partial charge in [-0.15, -0.1) is 0 Å². The first-order valence-electron chi connectivity index (χ1n) is 7.22. The molecule has 0 aromatic heterocycles. The molecule has 0 aliphatic heterocycles. The lowest BCUT2D eigenvalue weighted by Gasteiger charge is -2.38. The second kappa shape index (κ2) is 6.34. The molecule has 0 bridgehead atoms. The zero-order valence-electron chi connectivity index (χ0n) is 12.3. The summed E-state index contributed by atoms with van der Waals surface area (Å²) >= 11 is 3.34. The van der Waals surface area contributed by atoms with E-state index in [1.54, 1.807) is 38.1 Å². The lowest BCUT2D eigenvalue weighted by Crippen LogP contribution is -2.51. The van der Waals surface area contributed by atoms with Gasteiger partial charge in [-0.1, -0.05) is 34.5 Å². The molecule has 2 rings (SSSR count). The van der Waals surface area contributed by atoms with Gasteiger partial charge in [-0.2, -0.15) is 0 Å². The molecule has 1 aliphatic rings. The van der Waals surface area contributed by atoms with Gasteiger partial charge in [-0.25, -0.2) is 17.5 Å². The fourth-order valence-corrected chi connectivity index (χ4v) is 3.93. The maximum absolute atomic E-state index is 15.6. The van der Waals surface area contributed by atoms with E-state index in [-0.39, 0.29) is 0 Å². The second-order valence-corrected chi connectivity index (χ2v) is 9.06. The molecule has 1 aromatic rings. The van der Waals surface area contributed by atoms with Gasteiger partial charge in [0.05, 0.1) is 11.3 Å². The van der Waals surface area contributed by atoms with Gasteiger partial charge < -0.3 is 0 Å². The smallest absolute Gasteiger partial charge is 0.214 e. The minimum Gasteiger partial charge on any atom is -0.237 e. The molecule has 6 heteroatoms. The normalized spacial score (nSPS) is 27.0. The Kier molecular flexibility index (Phi) is 5.11. The maximum Gasteiger partial charge on any atom is 0.214 e. The Morgan fingerprint density at radius 1 is 1.29 bits per heavy atom. The van der Waals surface area contributed by atoms with E-state index in [2.05, 4.69) is 20.7 Å². The monoisotopic (exact) mass is 377 g/mol. The van der Waals surface area contributed by atoms with Crippen LogP contribution in [0.25, 0.3) is 0 Å². The number of alkyl halides is 1. The molecule has 0 radical (unpaired) electrons. The number of nitrogens with one attached hydrogen (secondary N) is 1. The molecule has 3 nitrogen and oxygen atoms in total.